The molecule has 0 bridgehead atoms. The standard InChI is InChI=1S/C85H153N3O36/c1-5-7-9-11-13-15-17-19-20-21-22-23-24-25-26-28-30-32-34-36-38-40-60(100)88-51(52(97)39-37-35-33-31-29-27-18-16-14-12-10-8-6-2)48-113-80-69(107)68(106)74(59(47-94)118-80)120-81-71(109)77(65(103)56(44-91)114-81)122-82-70(108)76(64(102)55(43-90)115-82)121-79-62(87-50(4)96)67(105)73(58(46-93)117-79)119-83-72(110)78(66(104)57(45-92)116-83)124-85(84(111)112)41-53(98)61(86-49(3)95)75(123-85)63(101)54(99)42-89/h37,39,51-59,61-83,89-94,97-99,101-110H,5-36,38,40-48H2,1-4H3,(H,86,95)(H,87,96)(H,88,100)(H,111,112)/b39-37+/t51-,52+,53?,54+,55?,56?,57?,58?,59?,61+,62?,63+,64-,65-,66-,67+,68+,69?,70?,71?,72?,73+,74+,75?,76-,77-,78-,79-,80+,81-,82+,83-,85-/m0/s1. The highest BCUT2D eigenvalue weighted by Crippen LogP contribution is 2.41. The zero-order valence-corrected chi connectivity index (χ0v) is 72.8. The van der Waals surface area contributed by atoms with Crippen molar-refractivity contribution in [2.24, 2.45) is 0 Å². The fourth-order valence-electron chi connectivity index (χ4n) is 16.9. The van der Waals surface area contributed by atoms with E-state index in [-0.39, 0.29) is 12.3 Å². The van der Waals surface area contributed by atoms with E-state index in [1.54, 1.807) is 6.08 Å². The van der Waals surface area contributed by atoms with Crippen LogP contribution in [0.15, 0.2) is 12.2 Å². The lowest BCUT2D eigenvalue weighted by Gasteiger charge is -2.51. The third kappa shape index (κ3) is 33.6. The van der Waals surface area contributed by atoms with Gasteiger partial charge in [-0.05, 0) is 19.3 Å². The lowest BCUT2D eigenvalue weighted by Crippen LogP contribution is -2.71. The number of hydrogen-bond donors (Lipinski definition) is 23. The summed E-state index contributed by atoms with van der Waals surface area (Å²) in [6.45, 7) is -0.629. The molecule has 724 valence electrons. The molecule has 0 aromatic rings. The lowest BCUT2D eigenvalue weighted by atomic mass is 9.88. The number of ether oxygens (including phenoxy) is 12. The molecule has 39 heteroatoms. The molecule has 124 heavy (non-hydrogen) atoms. The number of unbranched alkanes of at least 4 members (excludes halogenated alkanes) is 31. The molecular formula is C85H153N3O36. The topological polar surface area (TPSA) is 620 Å². The Labute approximate surface area is 727 Å². The summed E-state index contributed by atoms with van der Waals surface area (Å²) in [6, 6.07) is -4.71. The van der Waals surface area contributed by atoms with Crippen LogP contribution in [0.25, 0.3) is 0 Å². The molecule has 6 rings (SSSR count). The molecule has 0 spiro atoms. The van der Waals surface area contributed by atoms with Crippen molar-refractivity contribution in [3.8, 4) is 0 Å². The number of allylic oxidation sites excluding steroid dienone is 1. The third-order valence-electron chi connectivity index (χ3n) is 24.2. The van der Waals surface area contributed by atoms with Crippen molar-refractivity contribution in [1.82, 2.24) is 16.0 Å². The predicted octanol–water partition coefficient (Wildman–Crippen LogP) is -0.878. The zero-order chi connectivity index (χ0) is 91.0. The molecular weight excluding hydrogens is 1640 g/mol. The maximum Gasteiger partial charge on any atom is 0.364 e. The monoisotopic (exact) mass is 1790 g/mol. The Hall–Kier alpha value is -3.62. The van der Waals surface area contributed by atoms with Crippen LogP contribution in [-0.2, 0) is 76.0 Å². The van der Waals surface area contributed by atoms with Gasteiger partial charge in [0.2, 0.25) is 17.7 Å². The molecule has 0 aromatic carbocycles. The number of carbonyl (C=O) groups is 4. The van der Waals surface area contributed by atoms with Crippen molar-refractivity contribution in [2.45, 2.75) is 454 Å². The molecule has 6 heterocycles. The van der Waals surface area contributed by atoms with Crippen LogP contribution in [-0.4, -0.2) is 374 Å². The molecule has 6 aliphatic heterocycles. The highest BCUT2D eigenvalue weighted by Gasteiger charge is 2.62. The highest BCUT2D eigenvalue weighted by atomic mass is 16.8. The van der Waals surface area contributed by atoms with Gasteiger partial charge in [-0.3, -0.25) is 14.4 Å². The Bertz CT molecular complexity index is 2950. The molecule has 0 saturated carbocycles. The van der Waals surface area contributed by atoms with Gasteiger partial charge in [0.1, 0.15) is 140 Å². The summed E-state index contributed by atoms with van der Waals surface area (Å²) in [6.07, 6.45) is -18.0. The maximum absolute atomic E-state index is 13.6. The predicted molar refractivity (Wildman–Crippen MR) is 439 cm³/mol. The van der Waals surface area contributed by atoms with Crippen molar-refractivity contribution in [2.75, 3.05) is 46.2 Å². The summed E-state index contributed by atoms with van der Waals surface area (Å²) in [5.74, 6) is -7.44. The van der Waals surface area contributed by atoms with E-state index >= 15 is 0 Å². The molecule has 6 saturated heterocycles. The van der Waals surface area contributed by atoms with Crippen molar-refractivity contribution in [1.29, 1.82) is 0 Å². The number of carboxylic acid groups (broad SMARTS) is 1. The summed E-state index contributed by atoms with van der Waals surface area (Å²) in [5.41, 5.74) is 0. The molecule has 3 amide bonds. The number of carbonyl (C=O) groups excluding carboxylic acids is 3. The van der Waals surface area contributed by atoms with Crippen LogP contribution < -0.4 is 16.0 Å². The van der Waals surface area contributed by atoms with Crippen molar-refractivity contribution in [3.05, 3.63) is 12.2 Å². The molecule has 0 aliphatic carbocycles. The molecule has 23 N–H and O–H groups in total. The Kier molecular flexibility index (Phi) is 51.3. The second-order valence-corrected chi connectivity index (χ2v) is 34.2. The van der Waals surface area contributed by atoms with E-state index in [0.29, 0.717) is 12.8 Å². The van der Waals surface area contributed by atoms with E-state index in [1.165, 1.54) is 148 Å². The van der Waals surface area contributed by atoms with Gasteiger partial charge in [-0.2, -0.15) is 0 Å². The average Bonchev–Trinajstić information content (AvgIpc) is 0.752. The molecule has 33 atom stereocenters. The van der Waals surface area contributed by atoms with Crippen LogP contribution in [0.2, 0.25) is 0 Å². The molecule has 39 nitrogen and oxygen atoms in total. The summed E-state index contributed by atoms with van der Waals surface area (Å²) in [7, 11) is 0. The molecule has 6 fully saturated rings. The quantitative estimate of drug-likeness (QED) is 0.0260. The molecule has 6 aliphatic rings. The Morgan fingerprint density at radius 2 is 0.782 bits per heavy atom. The highest BCUT2D eigenvalue weighted by molar-refractivity contribution is 5.77. The first kappa shape index (κ1) is 109. The van der Waals surface area contributed by atoms with Gasteiger partial charge >= 0.3 is 5.97 Å². The molecule has 0 aromatic heterocycles. The average molecular weight is 1790 g/mol. The van der Waals surface area contributed by atoms with Gasteiger partial charge in [-0.15, -0.1) is 0 Å². The van der Waals surface area contributed by atoms with Crippen molar-refractivity contribution >= 4 is 23.7 Å². The van der Waals surface area contributed by atoms with E-state index in [0.717, 1.165) is 65.2 Å². The number of amides is 3. The Morgan fingerprint density at radius 1 is 0.419 bits per heavy atom. The Balaban J connectivity index is 1.08. The fraction of sp³-hybridized carbons (Fsp3) is 0.929. The van der Waals surface area contributed by atoms with Gasteiger partial charge < -0.3 is 175 Å². The molecule has 12 unspecified atom stereocenters. The minimum atomic E-state index is -3.22. The minimum absolute atomic E-state index is 0.162. The summed E-state index contributed by atoms with van der Waals surface area (Å²) >= 11 is 0. The fourth-order valence-corrected chi connectivity index (χ4v) is 16.9. The smallest absolute Gasteiger partial charge is 0.364 e. The summed E-state index contributed by atoms with van der Waals surface area (Å²) < 4.78 is 70.5. The van der Waals surface area contributed by atoms with Crippen LogP contribution in [0.3, 0.4) is 0 Å². The van der Waals surface area contributed by atoms with Gasteiger partial charge in [0.25, 0.3) is 5.79 Å². The third-order valence-corrected chi connectivity index (χ3v) is 24.2. The van der Waals surface area contributed by atoms with Crippen molar-refractivity contribution in [3.63, 3.8) is 0 Å². The summed E-state index contributed by atoms with van der Waals surface area (Å²) in [5, 5.41) is 231. The lowest BCUT2D eigenvalue weighted by molar-refractivity contribution is -0.394. The van der Waals surface area contributed by atoms with E-state index < -0.39 is 272 Å². The summed E-state index contributed by atoms with van der Waals surface area (Å²) in [4.78, 5) is 51.9. The zero-order valence-electron chi connectivity index (χ0n) is 72.8. The number of carboxylic acids is 1. The van der Waals surface area contributed by atoms with E-state index in [1.807, 2.05) is 6.08 Å². The normalized spacial score (nSPS) is 35.2. The molecule has 0 radical (unpaired) electrons. The van der Waals surface area contributed by atoms with E-state index in [9.17, 15) is 121 Å². The van der Waals surface area contributed by atoms with Crippen LogP contribution >= 0.6 is 0 Å². The number of rotatable bonds is 61. The van der Waals surface area contributed by atoms with Gasteiger partial charge in [-0.25, -0.2) is 4.79 Å². The second kappa shape index (κ2) is 58.3. The number of aliphatic carboxylic acids is 1. The van der Waals surface area contributed by atoms with Gasteiger partial charge in [0.15, 0.2) is 31.5 Å². The van der Waals surface area contributed by atoms with Gasteiger partial charge in [-0.1, -0.05) is 219 Å². The first-order valence-corrected chi connectivity index (χ1v) is 45.6. The largest absolute Gasteiger partial charge is 0.477 e. The second-order valence-electron chi connectivity index (χ2n) is 34.2. The first-order chi connectivity index (χ1) is 59.5. The number of aliphatic hydroxyl groups is 19. The van der Waals surface area contributed by atoms with Crippen LogP contribution in [0.4, 0.5) is 0 Å². The number of hydrogen-bond acceptors (Lipinski definition) is 35. The first-order valence-electron chi connectivity index (χ1n) is 45.6. The Morgan fingerprint density at radius 3 is 1.19 bits per heavy atom. The number of aliphatic hydroxyl groups excluding tert-OH is 19. The maximum atomic E-state index is 13.6. The van der Waals surface area contributed by atoms with Crippen LogP contribution in [0.1, 0.15) is 252 Å². The SMILES string of the molecule is CCCCCCCCCCCCC/C=C/[C@@H](O)[C@H](CO[C@@H]1OC(CO)[C@@H](O[C@@H]2OC(CO)[C@H](O)[C@H](O[C@H]3OC(CO)[C@H](O)[C@H](O[C@@H]4OC(CO)[C@@H](O[C@@H]5OC(CO)[C@H](O)[C@H](O[C@]6(C(=O)O)CC(O)[C@@H](NC(C)=O)C([C@H](O)[C@H](O)CO)O6)C5O)[C@H](O)C4NC(C)=O)C3O)C2O)[C@H](O)C1O)NC(=O)CCCCCCCCCCCCCCCCCCCCCCC. The van der Waals surface area contributed by atoms with Crippen molar-refractivity contribution < 1.29 is 178 Å². The van der Waals surface area contributed by atoms with Gasteiger partial charge in [0.05, 0.1) is 70.5 Å². The minimum Gasteiger partial charge on any atom is -0.477 e. The van der Waals surface area contributed by atoms with E-state index in [4.69, 9.17) is 56.8 Å². The van der Waals surface area contributed by atoms with Crippen LogP contribution in [0.5, 0.6) is 0 Å². The number of nitrogens with one attached hydrogen (secondary N) is 3. The van der Waals surface area contributed by atoms with Gasteiger partial charge in [0, 0.05) is 26.7 Å². The van der Waals surface area contributed by atoms with E-state index in [2.05, 4.69) is 29.8 Å². The van der Waals surface area contributed by atoms with Crippen LogP contribution in [0, 0.1) is 0 Å².